The van der Waals surface area contributed by atoms with E-state index in [-0.39, 0.29) is 5.69 Å². The van der Waals surface area contributed by atoms with Crippen LogP contribution in [0.25, 0.3) is 21.8 Å². The minimum atomic E-state index is -4.53. The molecule has 0 saturated heterocycles. The zero-order chi connectivity index (χ0) is 20.1. The topological polar surface area (TPSA) is 49.1 Å². The summed E-state index contributed by atoms with van der Waals surface area (Å²) in [5.74, 6) is 0.321. The largest absolute Gasteiger partial charge is 0.573 e. The molecule has 3 rings (SSSR count). The number of unbranched alkanes of at least 4 members (excludes halogenated alkanes) is 3. The Bertz CT molecular complexity index is 918. The highest BCUT2D eigenvalue weighted by molar-refractivity contribution is 7.15. The number of ether oxygens (including phenoxy) is 1. The Kier molecular flexibility index (Phi) is 6.39. The Morgan fingerprint density at radius 2 is 1.93 bits per heavy atom. The number of pyridine rings is 1. The number of aryl methyl sites for hydroxylation is 1. The van der Waals surface area contributed by atoms with Crippen LogP contribution in [0.3, 0.4) is 0 Å². The molecule has 4 nitrogen and oxygen atoms in total. The van der Waals surface area contributed by atoms with Crippen LogP contribution in [0.15, 0.2) is 30.3 Å². The number of aromatic nitrogens is 3. The van der Waals surface area contributed by atoms with Gasteiger partial charge >= 0.3 is 6.18 Å². The van der Waals surface area contributed by atoms with Gasteiger partial charge in [-0.1, -0.05) is 31.9 Å². The molecule has 0 aromatic carbocycles. The Hall–Kier alpha value is -2.35. The third-order valence-corrected chi connectivity index (χ3v) is 5.52. The van der Waals surface area contributed by atoms with Gasteiger partial charge in [0.1, 0.15) is 5.69 Å². The average molecular weight is 408 g/mol. The van der Waals surface area contributed by atoms with Crippen molar-refractivity contribution in [2.75, 3.05) is 7.11 Å². The van der Waals surface area contributed by atoms with Crippen LogP contribution in [-0.4, -0.2) is 17.2 Å². The summed E-state index contributed by atoms with van der Waals surface area (Å²) in [6.07, 6.45) is 1.31. The fourth-order valence-corrected chi connectivity index (χ4v) is 3.87. The minimum absolute atomic E-state index is 0.0730. The van der Waals surface area contributed by atoms with Crippen molar-refractivity contribution in [1.82, 2.24) is 15.2 Å². The van der Waals surface area contributed by atoms with Gasteiger partial charge in [0.15, 0.2) is 0 Å². The maximum atomic E-state index is 12.8. The third-order valence-electron chi connectivity index (χ3n) is 4.33. The second-order valence-corrected chi connectivity index (χ2v) is 7.64. The van der Waals surface area contributed by atoms with Crippen molar-refractivity contribution in [2.24, 2.45) is 0 Å². The maximum Gasteiger partial charge on any atom is 0.431 e. The molecular formula is C20H21F3N3OS-. The fraction of sp³-hybridized carbons (Fsp3) is 0.400. The third kappa shape index (κ3) is 4.92. The minimum Gasteiger partial charge on any atom is -0.573 e. The predicted molar refractivity (Wildman–Crippen MR) is 104 cm³/mol. The van der Waals surface area contributed by atoms with Crippen molar-refractivity contribution in [3.05, 3.63) is 40.9 Å². The Labute approximate surface area is 165 Å². The molecule has 0 saturated carbocycles. The van der Waals surface area contributed by atoms with Crippen molar-refractivity contribution in [3.8, 4) is 27.7 Å². The van der Waals surface area contributed by atoms with Gasteiger partial charge in [0.25, 0.3) is 0 Å². The lowest BCUT2D eigenvalue weighted by Crippen LogP contribution is -2.04. The molecule has 8 heteroatoms. The second-order valence-electron chi connectivity index (χ2n) is 6.47. The van der Waals surface area contributed by atoms with Gasteiger partial charge in [0.2, 0.25) is 5.88 Å². The molecule has 0 amide bonds. The molecule has 0 radical (unpaired) electrons. The molecule has 0 bridgehead atoms. The highest BCUT2D eigenvalue weighted by atomic mass is 32.1. The molecule has 3 aromatic rings. The van der Waals surface area contributed by atoms with Gasteiger partial charge in [-0.25, -0.2) is 4.98 Å². The lowest BCUT2D eigenvalue weighted by atomic mass is 10.1. The van der Waals surface area contributed by atoms with E-state index in [0.29, 0.717) is 11.6 Å². The molecule has 0 N–H and O–H groups in total. The molecule has 0 aliphatic rings. The average Bonchev–Trinajstić information content (AvgIpc) is 3.34. The van der Waals surface area contributed by atoms with Crippen LogP contribution < -0.4 is 9.84 Å². The smallest absolute Gasteiger partial charge is 0.431 e. The van der Waals surface area contributed by atoms with Gasteiger partial charge in [-0.3, -0.25) is 0 Å². The molecule has 0 unspecified atom stereocenters. The fourth-order valence-electron chi connectivity index (χ4n) is 2.84. The molecule has 28 heavy (non-hydrogen) atoms. The summed E-state index contributed by atoms with van der Waals surface area (Å²) in [7, 11) is 1.47. The van der Waals surface area contributed by atoms with Crippen LogP contribution in [0.1, 0.15) is 43.2 Å². The number of alkyl halides is 3. The van der Waals surface area contributed by atoms with E-state index in [1.54, 1.807) is 23.5 Å². The van der Waals surface area contributed by atoms with E-state index in [1.807, 2.05) is 6.07 Å². The zero-order valence-electron chi connectivity index (χ0n) is 15.7. The molecule has 0 spiro atoms. The van der Waals surface area contributed by atoms with Crippen molar-refractivity contribution < 1.29 is 17.9 Å². The summed E-state index contributed by atoms with van der Waals surface area (Å²) in [4.78, 5) is 6.54. The first-order valence-corrected chi connectivity index (χ1v) is 9.95. The highest BCUT2D eigenvalue weighted by Gasteiger charge is 2.31. The van der Waals surface area contributed by atoms with Gasteiger partial charge in [0.05, 0.1) is 12.8 Å². The number of hydrogen-bond acceptors (Lipinski definition) is 4. The molecule has 0 aliphatic carbocycles. The Morgan fingerprint density at radius 1 is 1.11 bits per heavy atom. The Morgan fingerprint density at radius 3 is 2.61 bits per heavy atom. The van der Waals surface area contributed by atoms with E-state index in [1.165, 1.54) is 31.2 Å². The van der Waals surface area contributed by atoms with Gasteiger partial charge in [-0.05, 0) is 42.7 Å². The van der Waals surface area contributed by atoms with Gasteiger partial charge in [-0.2, -0.15) is 13.2 Å². The van der Waals surface area contributed by atoms with E-state index < -0.39 is 11.9 Å². The summed E-state index contributed by atoms with van der Waals surface area (Å²) >= 11 is 1.68. The maximum absolute atomic E-state index is 12.8. The van der Waals surface area contributed by atoms with Gasteiger partial charge < -0.3 is 14.9 Å². The summed E-state index contributed by atoms with van der Waals surface area (Å²) in [6, 6.07) is 8.52. The molecule has 0 aliphatic heterocycles. The summed E-state index contributed by atoms with van der Waals surface area (Å²) in [6.45, 7) is 2.19. The molecule has 150 valence electrons. The second kappa shape index (κ2) is 8.77. The van der Waals surface area contributed by atoms with Crippen LogP contribution in [0.5, 0.6) is 5.88 Å². The first-order valence-electron chi connectivity index (χ1n) is 9.14. The van der Waals surface area contributed by atoms with E-state index in [0.717, 1.165) is 29.3 Å². The monoisotopic (exact) mass is 408 g/mol. The van der Waals surface area contributed by atoms with Gasteiger partial charge in [0, 0.05) is 15.8 Å². The van der Waals surface area contributed by atoms with Crippen molar-refractivity contribution in [3.63, 3.8) is 0 Å². The van der Waals surface area contributed by atoms with Gasteiger partial charge in [-0.15, -0.1) is 11.3 Å². The number of nitrogens with zero attached hydrogens (tertiary/aromatic N) is 3. The van der Waals surface area contributed by atoms with Crippen LogP contribution in [-0.2, 0) is 12.6 Å². The zero-order valence-corrected chi connectivity index (χ0v) is 16.5. The van der Waals surface area contributed by atoms with Crippen LogP contribution in [0, 0.1) is 0 Å². The summed E-state index contributed by atoms with van der Waals surface area (Å²) in [5, 5.41) is 6.86. The lowest BCUT2D eigenvalue weighted by Gasteiger charge is -2.09. The summed E-state index contributed by atoms with van der Waals surface area (Å²) in [5.41, 5.74) is 0.182. The SMILES string of the molecule is CCCCCCc1ccc(-c2cc(OC)nc(-c3cc(C(F)(F)F)n[n-]3)c2)s1. The first-order chi connectivity index (χ1) is 13.4. The Balaban J connectivity index is 1.85. The number of halogens is 3. The van der Waals surface area contributed by atoms with Crippen molar-refractivity contribution in [1.29, 1.82) is 0 Å². The van der Waals surface area contributed by atoms with Crippen LogP contribution in [0.2, 0.25) is 0 Å². The number of hydrogen-bond donors (Lipinski definition) is 0. The summed E-state index contributed by atoms with van der Waals surface area (Å²) < 4.78 is 43.7. The lowest BCUT2D eigenvalue weighted by molar-refractivity contribution is -0.141. The molecule has 0 atom stereocenters. The van der Waals surface area contributed by atoms with E-state index in [2.05, 4.69) is 28.2 Å². The number of thiophene rings is 1. The molecule has 3 heterocycles. The van der Waals surface area contributed by atoms with E-state index >= 15 is 0 Å². The molecule has 3 aromatic heterocycles. The van der Waals surface area contributed by atoms with E-state index in [9.17, 15) is 13.2 Å². The van der Waals surface area contributed by atoms with Crippen molar-refractivity contribution in [2.45, 2.75) is 45.2 Å². The highest BCUT2D eigenvalue weighted by Crippen LogP contribution is 2.34. The number of rotatable bonds is 8. The van der Waals surface area contributed by atoms with E-state index in [4.69, 9.17) is 4.74 Å². The first kappa shape index (κ1) is 20.4. The van der Waals surface area contributed by atoms with Crippen molar-refractivity contribution >= 4 is 11.3 Å². The number of methoxy groups -OCH3 is 1. The normalized spacial score (nSPS) is 11.8. The molecule has 0 fully saturated rings. The van der Waals surface area contributed by atoms with Crippen LogP contribution in [0.4, 0.5) is 13.2 Å². The predicted octanol–water partition coefficient (Wildman–Crippen LogP) is 5.98. The van der Waals surface area contributed by atoms with Crippen LogP contribution >= 0.6 is 11.3 Å². The molecular weight excluding hydrogens is 387 g/mol. The standard InChI is InChI=1S/C20H21F3N3OS/c1-3-4-5-6-7-14-8-9-17(28-14)13-10-15(24-19(11-13)27-2)16-12-18(26-25-16)20(21,22)23/h8-12H,3-7H2,1-2H3/q-1. The quantitative estimate of drug-likeness (QED) is 0.430.